The van der Waals surface area contributed by atoms with Crippen molar-refractivity contribution in [1.82, 2.24) is 15.0 Å². The Morgan fingerprint density at radius 2 is 2.00 bits per heavy atom. The van der Waals surface area contributed by atoms with Gasteiger partial charge in [-0.25, -0.2) is 9.97 Å². The van der Waals surface area contributed by atoms with Crippen LogP contribution in [0.1, 0.15) is 35.7 Å². The molecule has 1 aliphatic carbocycles. The van der Waals surface area contributed by atoms with Crippen molar-refractivity contribution in [2.75, 3.05) is 5.32 Å². The van der Waals surface area contributed by atoms with E-state index in [1.54, 1.807) is 42.5 Å². The van der Waals surface area contributed by atoms with Crippen molar-refractivity contribution in [3.05, 3.63) is 70.8 Å². The molecule has 0 spiro atoms. The van der Waals surface area contributed by atoms with E-state index in [0.717, 1.165) is 18.7 Å². The Morgan fingerprint density at radius 1 is 1.13 bits per heavy atom. The third kappa shape index (κ3) is 4.72. The molecule has 2 aromatic carbocycles. The van der Waals surface area contributed by atoms with E-state index in [0.29, 0.717) is 45.2 Å². The van der Waals surface area contributed by atoms with Crippen LogP contribution in [0.3, 0.4) is 0 Å². The molecular formula is C22H15ClN6O. The molecule has 3 aromatic rings. The van der Waals surface area contributed by atoms with Crippen molar-refractivity contribution in [3.63, 3.8) is 0 Å². The van der Waals surface area contributed by atoms with Crippen LogP contribution >= 0.6 is 11.6 Å². The zero-order valence-corrected chi connectivity index (χ0v) is 16.5. The molecule has 1 fully saturated rings. The number of halogens is 1. The van der Waals surface area contributed by atoms with Crippen LogP contribution in [-0.2, 0) is 0 Å². The normalized spacial score (nSPS) is 12.9. The topological polar surface area (TPSA) is 108 Å². The maximum Gasteiger partial charge on any atom is 0.230 e. The quantitative estimate of drug-likeness (QED) is 0.542. The van der Waals surface area contributed by atoms with E-state index in [-0.39, 0.29) is 0 Å². The SMILES string of the molecule is N#C/C=C/c1cc(Cl)cc(Oc2cc(Nc3ncnc(C4CC4)n3)ccc2C#N)c1. The molecule has 30 heavy (non-hydrogen) atoms. The summed E-state index contributed by atoms with van der Waals surface area (Å²) in [5.41, 5.74) is 1.75. The zero-order valence-electron chi connectivity index (χ0n) is 15.7. The van der Waals surface area contributed by atoms with Gasteiger partial charge in [-0.2, -0.15) is 15.5 Å². The number of allylic oxidation sites excluding steroid dienone is 1. The van der Waals surface area contributed by atoms with Gasteiger partial charge in [-0.15, -0.1) is 0 Å². The minimum Gasteiger partial charge on any atom is -0.456 e. The van der Waals surface area contributed by atoms with E-state index >= 15 is 0 Å². The zero-order chi connectivity index (χ0) is 20.9. The van der Waals surface area contributed by atoms with Crippen LogP contribution in [0.25, 0.3) is 6.08 Å². The second-order valence-corrected chi connectivity index (χ2v) is 7.11. The molecular weight excluding hydrogens is 400 g/mol. The van der Waals surface area contributed by atoms with Gasteiger partial charge < -0.3 is 10.1 Å². The van der Waals surface area contributed by atoms with Crippen LogP contribution in [0.15, 0.2) is 48.8 Å². The monoisotopic (exact) mass is 414 g/mol. The number of nitrogens with one attached hydrogen (secondary N) is 1. The van der Waals surface area contributed by atoms with E-state index in [2.05, 4.69) is 26.3 Å². The van der Waals surface area contributed by atoms with Gasteiger partial charge in [-0.05, 0) is 54.8 Å². The molecule has 0 radical (unpaired) electrons. The molecule has 0 saturated heterocycles. The second-order valence-electron chi connectivity index (χ2n) is 6.67. The molecule has 146 valence electrons. The van der Waals surface area contributed by atoms with Crippen LogP contribution in [0.4, 0.5) is 11.6 Å². The number of aromatic nitrogens is 3. The molecule has 1 aliphatic rings. The first kappa shape index (κ1) is 19.4. The highest BCUT2D eigenvalue weighted by atomic mass is 35.5. The van der Waals surface area contributed by atoms with Gasteiger partial charge in [-0.1, -0.05) is 11.6 Å². The van der Waals surface area contributed by atoms with Gasteiger partial charge >= 0.3 is 0 Å². The number of hydrogen-bond acceptors (Lipinski definition) is 7. The first-order chi connectivity index (χ1) is 14.6. The van der Waals surface area contributed by atoms with Crippen LogP contribution in [0.5, 0.6) is 11.5 Å². The highest BCUT2D eigenvalue weighted by Crippen LogP contribution is 2.38. The van der Waals surface area contributed by atoms with Gasteiger partial charge in [0.15, 0.2) is 0 Å². The molecule has 1 heterocycles. The summed E-state index contributed by atoms with van der Waals surface area (Å²) >= 11 is 6.16. The molecule has 4 rings (SSSR count). The molecule has 0 aliphatic heterocycles. The Hall–Kier alpha value is -3.94. The molecule has 0 bridgehead atoms. The van der Waals surface area contributed by atoms with Crippen molar-refractivity contribution in [1.29, 1.82) is 10.5 Å². The highest BCUT2D eigenvalue weighted by molar-refractivity contribution is 6.30. The van der Waals surface area contributed by atoms with Crippen LogP contribution in [0.2, 0.25) is 5.02 Å². The van der Waals surface area contributed by atoms with Gasteiger partial charge in [0.05, 0.1) is 11.6 Å². The summed E-state index contributed by atoms with van der Waals surface area (Å²) in [6.07, 6.45) is 6.67. The summed E-state index contributed by atoms with van der Waals surface area (Å²) in [5, 5.41) is 21.7. The summed E-state index contributed by atoms with van der Waals surface area (Å²) in [7, 11) is 0. The van der Waals surface area contributed by atoms with Crippen LogP contribution in [0, 0.1) is 22.7 Å². The van der Waals surface area contributed by atoms with Gasteiger partial charge in [0, 0.05) is 28.8 Å². The minimum absolute atomic E-state index is 0.358. The molecule has 0 atom stereocenters. The summed E-state index contributed by atoms with van der Waals surface area (Å²) < 4.78 is 5.94. The summed E-state index contributed by atoms with van der Waals surface area (Å²) in [5.74, 6) is 2.45. The third-order valence-electron chi connectivity index (χ3n) is 4.36. The number of hydrogen-bond donors (Lipinski definition) is 1. The fourth-order valence-corrected chi connectivity index (χ4v) is 3.05. The van der Waals surface area contributed by atoms with E-state index in [1.165, 1.54) is 12.4 Å². The average molecular weight is 415 g/mol. The lowest BCUT2D eigenvalue weighted by Gasteiger charge is -2.11. The lowest BCUT2D eigenvalue weighted by molar-refractivity contribution is 0.481. The second kappa shape index (κ2) is 8.60. The standard InChI is InChI=1S/C22H15ClN6O/c23-17-8-14(2-1-7-24)9-19(10-17)30-20-11-18(6-5-16(20)12-25)28-22-27-13-26-21(29-22)15-3-4-15/h1-2,5-6,8-11,13,15H,3-4H2,(H,26,27,28,29)/b2-1+. The van der Waals surface area contributed by atoms with Gasteiger partial charge in [0.2, 0.25) is 5.95 Å². The number of nitriles is 2. The molecule has 0 unspecified atom stereocenters. The van der Waals surface area contributed by atoms with E-state index < -0.39 is 0 Å². The predicted molar refractivity (Wildman–Crippen MR) is 112 cm³/mol. The maximum atomic E-state index is 9.45. The van der Waals surface area contributed by atoms with Crippen LogP contribution in [-0.4, -0.2) is 15.0 Å². The van der Waals surface area contributed by atoms with Crippen molar-refractivity contribution >= 4 is 29.3 Å². The molecule has 1 aromatic heterocycles. The number of ether oxygens (including phenoxy) is 1. The molecule has 1 saturated carbocycles. The lowest BCUT2D eigenvalue weighted by Crippen LogP contribution is -2.02. The number of nitrogens with zero attached hydrogens (tertiary/aromatic N) is 5. The Labute approximate surface area is 178 Å². The smallest absolute Gasteiger partial charge is 0.230 e. The summed E-state index contributed by atoms with van der Waals surface area (Å²) in [6, 6.07) is 14.2. The molecule has 8 heteroatoms. The number of rotatable bonds is 6. The Kier molecular flexibility index (Phi) is 5.56. The van der Waals surface area contributed by atoms with E-state index in [4.69, 9.17) is 21.6 Å². The average Bonchev–Trinajstić information content (AvgIpc) is 3.58. The van der Waals surface area contributed by atoms with Gasteiger partial charge in [0.25, 0.3) is 0 Å². The van der Waals surface area contributed by atoms with Crippen LogP contribution < -0.4 is 10.1 Å². The van der Waals surface area contributed by atoms with Crippen molar-refractivity contribution in [2.45, 2.75) is 18.8 Å². The van der Waals surface area contributed by atoms with Crippen molar-refractivity contribution in [2.24, 2.45) is 0 Å². The fraction of sp³-hybridized carbons (Fsp3) is 0.136. The summed E-state index contributed by atoms with van der Waals surface area (Å²) in [4.78, 5) is 12.8. The molecule has 0 amide bonds. The van der Waals surface area contributed by atoms with Crippen molar-refractivity contribution < 1.29 is 4.74 Å². The highest BCUT2D eigenvalue weighted by Gasteiger charge is 2.26. The third-order valence-corrected chi connectivity index (χ3v) is 4.58. The Morgan fingerprint density at radius 3 is 2.77 bits per heavy atom. The Bertz CT molecular complexity index is 1210. The Balaban J connectivity index is 1.60. The summed E-state index contributed by atoms with van der Waals surface area (Å²) in [6.45, 7) is 0. The van der Waals surface area contributed by atoms with Gasteiger partial charge in [0.1, 0.15) is 29.7 Å². The lowest BCUT2D eigenvalue weighted by atomic mass is 10.2. The first-order valence-corrected chi connectivity index (χ1v) is 9.57. The number of benzene rings is 2. The van der Waals surface area contributed by atoms with Gasteiger partial charge in [-0.3, -0.25) is 0 Å². The fourth-order valence-electron chi connectivity index (χ4n) is 2.81. The van der Waals surface area contributed by atoms with E-state index in [1.807, 2.05) is 6.07 Å². The van der Waals surface area contributed by atoms with E-state index in [9.17, 15) is 5.26 Å². The molecule has 1 N–H and O–H groups in total. The first-order valence-electron chi connectivity index (χ1n) is 9.19. The van der Waals surface area contributed by atoms with Crippen molar-refractivity contribution in [3.8, 4) is 23.6 Å². The minimum atomic E-state index is 0.358. The number of anilines is 2. The predicted octanol–water partition coefficient (Wildman–Crippen LogP) is 5.35. The maximum absolute atomic E-state index is 9.45. The largest absolute Gasteiger partial charge is 0.456 e. The molecule has 7 nitrogen and oxygen atoms in total.